The van der Waals surface area contributed by atoms with Crippen molar-refractivity contribution >= 4 is 11.9 Å². The van der Waals surface area contributed by atoms with E-state index >= 15 is 0 Å². The molecule has 6 nitrogen and oxygen atoms in total. The summed E-state index contributed by atoms with van der Waals surface area (Å²) < 4.78 is 5.14. The molecule has 3 N–H and O–H groups in total. The summed E-state index contributed by atoms with van der Waals surface area (Å²) in [6, 6.07) is -0.253. The Bertz CT molecular complexity index is 307. The summed E-state index contributed by atoms with van der Waals surface area (Å²) >= 11 is 0. The fourth-order valence-electron chi connectivity index (χ4n) is 2.22. The highest BCUT2D eigenvalue weighted by Gasteiger charge is 2.38. The Labute approximate surface area is 93.3 Å². The molecule has 3 atom stereocenters. The number of ether oxygens (including phenoxy) is 1. The van der Waals surface area contributed by atoms with Crippen molar-refractivity contribution in [2.24, 2.45) is 17.6 Å². The van der Waals surface area contributed by atoms with Crippen LogP contribution in [-0.2, 0) is 14.3 Å². The number of rotatable bonds is 2. The van der Waals surface area contributed by atoms with Crippen molar-refractivity contribution < 1.29 is 19.4 Å². The van der Waals surface area contributed by atoms with E-state index in [0.717, 1.165) is 0 Å². The van der Waals surface area contributed by atoms with Gasteiger partial charge in [-0.05, 0) is 6.42 Å². The second-order valence-corrected chi connectivity index (χ2v) is 4.42. The topological polar surface area (TPSA) is 92.9 Å². The van der Waals surface area contributed by atoms with E-state index in [1.165, 1.54) is 0 Å². The van der Waals surface area contributed by atoms with Gasteiger partial charge in [0.05, 0.1) is 25.0 Å². The number of hydrogen-bond donors (Lipinski definition) is 2. The van der Waals surface area contributed by atoms with Gasteiger partial charge in [-0.2, -0.15) is 0 Å². The summed E-state index contributed by atoms with van der Waals surface area (Å²) in [6.07, 6.45) is 0.532. The molecule has 0 aromatic rings. The molecule has 0 radical (unpaired) electrons. The normalized spacial score (nSPS) is 34.3. The second-order valence-electron chi connectivity index (χ2n) is 4.42. The molecule has 2 rings (SSSR count). The third kappa shape index (κ3) is 2.03. The fraction of sp³-hybridized carbons (Fsp3) is 0.800. The first-order valence-corrected chi connectivity index (χ1v) is 5.44. The Morgan fingerprint density at radius 1 is 1.38 bits per heavy atom. The Kier molecular flexibility index (Phi) is 3.11. The van der Waals surface area contributed by atoms with Gasteiger partial charge in [0.25, 0.3) is 0 Å². The number of amides is 1. The minimum absolute atomic E-state index is 0.0613. The molecular weight excluding hydrogens is 212 g/mol. The van der Waals surface area contributed by atoms with Crippen LogP contribution in [0, 0.1) is 11.8 Å². The van der Waals surface area contributed by atoms with Crippen LogP contribution in [0.4, 0.5) is 0 Å². The van der Waals surface area contributed by atoms with Gasteiger partial charge in [-0.1, -0.05) is 0 Å². The monoisotopic (exact) mass is 228 g/mol. The number of nitrogens with two attached hydrogens (primary N) is 1. The molecule has 2 aliphatic rings. The predicted molar refractivity (Wildman–Crippen MR) is 54.6 cm³/mol. The van der Waals surface area contributed by atoms with Crippen LogP contribution < -0.4 is 5.73 Å². The van der Waals surface area contributed by atoms with Crippen LogP contribution >= 0.6 is 0 Å². The third-order valence-corrected chi connectivity index (χ3v) is 3.29. The standard InChI is InChI=1S/C10H16N2O4/c11-8-5-16-4-7(8)9(13)12-2-1-6(3-12)10(14)15/h6-8H,1-5,11H2,(H,14,15). The highest BCUT2D eigenvalue weighted by Crippen LogP contribution is 2.21. The Hall–Kier alpha value is -1.14. The van der Waals surface area contributed by atoms with Gasteiger partial charge in [0.1, 0.15) is 0 Å². The maximum atomic E-state index is 12.0. The lowest BCUT2D eigenvalue weighted by atomic mass is 10.0. The number of nitrogens with zero attached hydrogens (tertiary/aromatic N) is 1. The number of likely N-dealkylation sites (tertiary alicyclic amines) is 1. The van der Waals surface area contributed by atoms with Crippen molar-refractivity contribution in [1.82, 2.24) is 4.90 Å². The molecule has 16 heavy (non-hydrogen) atoms. The summed E-state index contributed by atoms with van der Waals surface area (Å²) in [5.41, 5.74) is 5.75. The van der Waals surface area contributed by atoms with Crippen LogP contribution in [0.3, 0.4) is 0 Å². The molecule has 1 amide bonds. The maximum Gasteiger partial charge on any atom is 0.308 e. The third-order valence-electron chi connectivity index (χ3n) is 3.29. The van der Waals surface area contributed by atoms with Gasteiger partial charge >= 0.3 is 5.97 Å². The van der Waals surface area contributed by atoms with Gasteiger partial charge in [0, 0.05) is 19.1 Å². The average molecular weight is 228 g/mol. The van der Waals surface area contributed by atoms with Crippen LogP contribution in [0.25, 0.3) is 0 Å². The molecule has 0 bridgehead atoms. The molecule has 0 aromatic heterocycles. The number of carbonyl (C=O) groups is 2. The highest BCUT2D eigenvalue weighted by atomic mass is 16.5. The van der Waals surface area contributed by atoms with Crippen LogP contribution in [0.5, 0.6) is 0 Å². The van der Waals surface area contributed by atoms with Crippen molar-refractivity contribution in [3.63, 3.8) is 0 Å². The minimum atomic E-state index is -0.831. The molecule has 0 aromatic carbocycles. The second kappa shape index (κ2) is 4.39. The molecule has 90 valence electrons. The molecule has 2 fully saturated rings. The largest absolute Gasteiger partial charge is 0.481 e. The lowest BCUT2D eigenvalue weighted by molar-refractivity contribution is -0.141. The highest BCUT2D eigenvalue weighted by molar-refractivity contribution is 5.81. The lowest BCUT2D eigenvalue weighted by Gasteiger charge is -2.21. The zero-order valence-electron chi connectivity index (χ0n) is 8.96. The Morgan fingerprint density at radius 3 is 2.62 bits per heavy atom. The molecule has 2 heterocycles. The van der Waals surface area contributed by atoms with Crippen molar-refractivity contribution in [2.45, 2.75) is 12.5 Å². The number of carboxylic acids is 1. The van der Waals surface area contributed by atoms with E-state index in [1.54, 1.807) is 4.90 Å². The van der Waals surface area contributed by atoms with E-state index in [1.807, 2.05) is 0 Å². The lowest BCUT2D eigenvalue weighted by Crippen LogP contribution is -2.42. The molecule has 0 aliphatic carbocycles. The van der Waals surface area contributed by atoms with Crippen molar-refractivity contribution in [1.29, 1.82) is 0 Å². The quantitative estimate of drug-likeness (QED) is 0.625. The first kappa shape index (κ1) is 11.3. The average Bonchev–Trinajstić information content (AvgIpc) is 2.84. The summed E-state index contributed by atoms with van der Waals surface area (Å²) in [5.74, 6) is -1.62. The smallest absolute Gasteiger partial charge is 0.308 e. The zero-order valence-corrected chi connectivity index (χ0v) is 8.96. The predicted octanol–water partition coefficient (Wildman–Crippen LogP) is -1.11. The number of carboxylic acid groups (broad SMARTS) is 1. The van der Waals surface area contributed by atoms with E-state index < -0.39 is 11.9 Å². The van der Waals surface area contributed by atoms with Crippen LogP contribution in [0.2, 0.25) is 0 Å². The first-order chi connectivity index (χ1) is 7.59. The van der Waals surface area contributed by atoms with Crippen molar-refractivity contribution in [3.05, 3.63) is 0 Å². The first-order valence-electron chi connectivity index (χ1n) is 5.44. The zero-order chi connectivity index (χ0) is 11.7. The molecule has 3 unspecified atom stereocenters. The van der Waals surface area contributed by atoms with Gasteiger partial charge in [-0.25, -0.2) is 0 Å². The summed E-state index contributed by atoms with van der Waals surface area (Å²) in [4.78, 5) is 24.4. The van der Waals surface area contributed by atoms with Gasteiger partial charge < -0.3 is 20.5 Å². The van der Waals surface area contributed by atoms with E-state index in [0.29, 0.717) is 32.7 Å². The summed E-state index contributed by atoms with van der Waals surface area (Å²) in [5, 5.41) is 8.84. The van der Waals surface area contributed by atoms with Gasteiger partial charge in [0.2, 0.25) is 5.91 Å². The van der Waals surface area contributed by atoms with Gasteiger partial charge in [-0.3, -0.25) is 9.59 Å². The molecular formula is C10H16N2O4. The summed E-state index contributed by atoms with van der Waals surface area (Å²) in [6.45, 7) is 1.58. The van der Waals surface area contributed by atoms with E-state index in [4.69, 9.17) is 15.6 Å². The molecule has 0 spiro atoms. The number of carbonyl (C=O) groups excluding carboxylic acids is 1. The molecule has 6 heteroatoms. The Morgan fingerprint density at radius 2 is 2.12 bits per heavy atom. The van der Waals surface area contributed by atoms with E-state index in [2.05, 4.69) is 0 Å². The van der Waals surface area contributed by atoms with Crippen molar-refractivity contribution in [2.75, 3.05) is 26.3 Å². The van der Waals surface area contributed by atoms with Crippen LogP contribution in [-0.4, -0.2) is 54.2 Å². The molecule has 2 saturated heterocycles. The van der Waals surface area contributed by atoms with Crippen LogP contribution in [0.1, 0.15) is 6.42 Å². The van der Waals surface area contributed by atoms with Crippen molar-refractivity contribution in [3.8, 4) is 0 Å². The molecule has 2 aliphatic heterocycles. The Balaban J connectivity index is 1.94. The maximum absolute atomic E-state index is 12.0. The number of aliphatic carboxylic acids is 1. The van der Waals surface area contributed by atoms with Gasteiger partial charge in [0.15, 0.2) is 0 Å². The molecule has 0 saturated carbocycles. The summed E-state index contributed by atoms with van der Waals surface area (Å²) in [7, 11) is 0. The van der Waals surface area contributed by atoms with Crippen LogP contribution in [0.15, 0.2) is 0 Å². The van der Waals surface area contributed by atoms with E-state index in [9.17, 15) is 9.59 Å². The van der Waals surface area contributed by atoms with Gasteiger partial charge in [-0.15, -0.1) is 0 Å². The van der Waals surface area contributed by atoms with E-state index in [-0.39, 0.29) is 17.9 Å². The number of hydrogen-bond acceptors (Lipinski definition) is 4. The fourth-order valence-corrected chi connectivity index (χ4v) is 2.22. The SMILES string of the molecule is NC1COCC1C(=O)N1CCC(C(=O)O)C1. The minimum Gasteiger partial charge on any atom is -0.481 e.